The van der Waals surface area contributed by atoms with Crippen LogP contribution in [0.25, 0.3) is 0 Å². The lowest BCUT2D eigenvalue weighted by Gasteiger charge is -2.19. The molecule has 1 heterocycles. The van der Waals surface area contributed by atoms with Crippen LogP contribution in [0.2, 0.25) is 0 Å². The van der Waals surface area contributed by atoms with E-state index in [0.717, 1.165) is 12.0 Å². The van der Waals surface area contributed by atoms with Gasteiger partial charge in [0, 0.05) is 5.56 Å². The van der Waals surface area contributed by atoms with E-state index in [-0.39, 0.29) is 18.0 Å². The number of rotatable bonds is 8. The molecular weight excluding hydrogens is 352 g/mol. The molecule has 0 bridgehead atoms. The van der Waals surface area contributed by atoms with Gasteiger partial charge in [-0.1, -0.05) is 73.2 Å². The molecule has 3 N–H and O–H groups in total. The van der Waals surface area contributed by atoms with Crippen LogP contribution in [0.1, 0.15) is 47.0 Å². The van der Waals surface area contributed by atoms with E-state index in [9.17, 15) is 4.79 Å². The third-order valence-electron chi connectivity index (χ3n) is 4.77. The maximum atomic E-state index is 12.6. The van der Waals surface area contributed by atoms with E-state index in [0.29, 0.717) is 6.54 Å². The molecule has 0 fully saturated rings. The lowest BCUT2D eigenvalue weighted by Crippen LogP contribution is -2.87. The Bertz CT molecular complexity index is 829. The van der Waals surface area contributed by atoms with Crippen molar-refractivity contribution in [1.29, 1.82) is 0 Å². The first kappa shape index (κ1) is 19.3. The molecule has 1 amide bonds. The summed E-state index contributed by atoms with van der Waals surface area (Å²) in [5, 5.41) is 7.40. The van der Waals surface area contributed by atoms with Gasteiger partial charge in [0.2, 0.25) is 0 Å². The van der Waals surface area contributed by atoms with E-state index in [2.05, 4.69) is 78.4 Å². The van der Waals surface area contributed by atoms with E-state index < -0.39 is 0 Å². The molecule has 0 spiro atoms. The van der Waals surface area contributed by atoms with E-state index in [4.69, 9.17) is 0 Å². The monoisotopic (exact) mass is 379 g/mol. The van der Waals surface area contributed by atoms with Crippen LogP contribution in [0.15, 0.2) is 72.1 Å². The number of amides is 1. The van der Waals surface area contributed by atoms with E-state index in [1.165, 1.54) is 16.0 Å². The standard InChI is InChI=1S/C23H26N2OS/c1-3-20(18-13-11-17(2)12-14-18)25-22(26)16-24-23(21-10-7-15-27-21)19-8-5-4-6-9-19/h4-15,20,23-24H,3,16H2,1-2H3,(H,25,26)/p+1/t20-,23-/m0/s1. The van der Waals surface area contributed by atoms with Crippen LogP contribution < -0.4 is 10.6 Å². The number of carbonyl (C=O) groups excluding carboxylic acids is 1. The molecule has 3 rings (SSSR count). The van der Waals surface area contributed by atoms with Crippen molar-refractivity contribution in [2.24, 2.45) is 0 Å². The molecule has 0 aliphatic rings. The summed E-state index contributed by atoms with van der Waals surface area (Å²) in [5.41, 5.74) is 3.61. The molecule has 0 aliphatic heterocycles. The molecule has 0 unspecified atom stereocenters. The van der Waals surface area contributed by atoms with Gasteiger partial charge in [-0.15, -0.1) is 11.3 Å². The van der Waals surface area contributed by atoms with E-state index in [1.54, 1.807) is 11.3 Å². The summed E-state index contributed by atoms with van der Waals surface area (Å²) in [6.07, 6.45) is 0.877. The zero-order valence-corrected chi connectivity index (χ0v) is 16.7. The molecule has 2 atom stereocenters. The molecule has 0 radical (unpaired) electrons. The van der Waals surface area contributed by atoms with Crippen LogP contribution in [0.5, 0.6) is 0 Å². The SMILES string of the molecule is CC[C@H](NC(=O)C[NH2+][C@@H](c1ccccc1)c1cccs1)c1ccc(C)cc1. The summed E-state index contributed by atoms with van der Waals surface area (Å²) in [6, 6.07) is 23.2. The molecule has 0 saturated heterocycles. The fourth-order valence-electron chi connectivity index (χ4n) is 3.24. The highest BCUT2D eigenvalue weighted by atomic mass is 32.1. The van der Waals surface area contributed by atoms with E-state index >= 15 is 0 Å². The Labute approximate surface area is 165 Å². The normalized spacial score (nSPS) is 13.1. The molecule has 1 aromatic heterocycles. The van der Waals surface area contributed by atoms with Gasteiger partial charge in [-0.05, 0) is 30.4 Å². The number of benzene rings is 2. The Balaban J connectivity index is 1.64. The Hall–Kier alpha value is -2.43. The van der Waals surface area contributed by atoms with Crippen molar-refractivity contribution in [1.82, 2.24) is 5.32 Å². The van der Waals surface area contributed by atoms with Gasteiger partial charge in [0.25, 0.3) is 5.91 Å². The van der Waals surface area contributed by atoms with Crippen LogP contribution in [-0.2, 0) is 4.79 Å². The van der Waals surface area contributed by atoms with Crippen LogP contribution >= 0.6 is 11.3 Å². The van der Waals surface area contributed by atoms with Crippen LogP contribution in [0.3, 0.4) is 0 Å². The van der Waals surface area contributed by atoms with Crippen molar-refractivity contribution in [3.63, 3.8) is 0 Å². The minimum atomic E-state index is 0.0587. The first-order valence-electron chi connectivity index (χ1n) is 9.45. The molecule has 2 aromatic carbocycles. The highest BCUT2D eigenvalue weighted by Crippen LogP contribution is 2.22. The average molecular weight is 380 g/mol. The van der Waals surface area contributed by atoms with Gasteiger partial charge in [0.1, 0.15) is 6.04 Å². The van der Waals surface area contributed by atoms with Crippen LogP contribution in [0, 0.1) is 6.92 Å². The molecule has 140 valence electrons. The molecular formula is C23H27N2OS+. The highest BCUT2D eigenvalue weighted by Gasteiger charge is 2.21. The second kappa shape index (κ2) is 9.49. The summed E-state index contributed by atoms with van der Waals surface area (Å²) in [6.45, 7) is 4.58. The number of nitrogens with one attached hydrogen (secondary N) is 1. The summed E-state index contributed by atoms with van der Waals surface area (Å²) in [4.78, 5) is 13.9. The number of carbonyl (C=O) groups is 1. The van der Waals surface area contributed by atoms with Crippen molar-refractivity contribution in [3.8, 4) is 0 Å². The smallest absolute Gasteiger partial charge is 0.275 e. The summed E-state index contributed by atoms with van der Waals surface area (Å²) < 4.78 is 0. The molecule has 4 heteroatoms. The van der Waals surface area contributed by atoms with Crippen molar-refractivity contribution < 1.29 is 10.1 Å². The number of quaternary nitrogens is 1. The predicted molar refractivity (Wildman–Crippen MR) is 112 cm³/mol. The van der Waals surface area contributed by atoms with Crippen LogP contribution in [0.4, 0.5) is 0 Å². The predicted octanol–water partition coefficient (Wildman–Crippen LogP) is 3.98. The topological polar surface area (TPSA) is 45.7 Å². The third kappa shape index (κ3) is 5.28. The average Bonchev–Trinajstić information content (AvgIpc) is 3.22. The van der Waals surface area contributed by atoms with Gasteiger partial charge >= 0.3 is 0 Å². The Morgan fingerprint density at radius 1 is 1.00 bits per heavy atom. The Morgan fingerprint density at radius 2 is 1.74 bits per heavy atom. The molecule has 3 nitrogen and oxygen atoms in total. The summed E-state index contributed by atoms with van der Waals surface area (Å²) in [7, 11) is 0. The second-order valence-electron chi connectivity index (χ2n) is 6.78. The van der Waals surface area contributed by atoms with Gasteiger partial charge in [-0.3, -0.25) is 4.79 Å². The quantitative estimate of drug-likeness (QED) is 0.611. The first-order chi connectivity index (χ1) is 13.2. The van der Waals surface area contributed by atoms with Crippen molar-refractivity contribution >= 4 is 17.2 Å². The maximum Gasteiger partial charge on any atom is 0.275 e. The molecule has 27 heavy (non-hydrogen) atoms. The van der Waals surface area contributed by atoms with Crippen molar-refractivity contribution in [3.05, 3.63) is 93.7 Å². The Morgan fingerprint density at radius 3 is 2.37 bits per heavy atom. The van der Waals surface area contributed by atoms with Crippen LogP contribution in [-0.4, -0.2) is 12.5 Å². The number of aryl methyl sites for hydroxylation is 1. The lowest BCUT2D eigenvalue weighted by atomic mass is 10.0. The molecule has 3 aromatic rings. The Kier molecular flexibility index (Phi) is 6.80. The fourth-order valence-corrected chi connectivity index (χ4v) is 4.09. The fraction of sp³-hybridized carbons (Fsp3) is 0.261. The van der Waals surface area contributed by atoms with Gasteiger partial charge in [0.05, 0.1) is 10.9 Å². The summed E-state index contributed by atoms with van der Waals surface area (Å²) >= 11 is 1.73. The molecule has 0 aliphatic carbocycles. The van der Waals surface area contributed by atoms with Crippen molar-refractivity contribution in [2.75, 3.05) is 6.54 Å². The largest absolute Gasteiger partial charge is 0.344 e. The minimum Gasteiger partial charge on any atom is -0.344 e. The van der Waals surface area contributed by atoms with Gasteiger partial charge in [-0.25, -0.2) is 0 Å². The minimum absolute atomic E-state index is 0.0587. The number of thiophene rings is 1. The van der Waals surface area contributed by atoms with Crippen molar-refractivity contribution in [2.45, 2.75) is 32.4 Å². The molecule has 0 saturated carbocycles. The number of hydrogen-bond donors (Lipinski definition) is 2. The lowest BCUT2D eigenvalue weighted by molar-refractivity contribution is -0.676. The van der Waals surface area contributed by atoms with E-state index in [1.807, 2.05) is 18.2 Å². The van der Waals surface area contributed by atoms with Gasteiger partial charge in [0.15, 0.2) is 6.54 Å². The highest BCUT2D eigenvalue weighted by molar-refractivity contribution is 7.10. The maximum absolute atomic E-state index is 12.6. The first-order valence-corrected chi connectivity index (χ1v) is 10.3. The zero-order valence-electron chi connectivity index (χ0n) is 15.9. The van der Waals surface area contributed by atoms with Gasteiger partial charge < -0.3 is 10.6 Å². The number of hydrogen-bond acceptors (Lipinski definition) is 2. The van der Waals surface area contributed by atoms with Gasteiger partial charge in [-0.2, -0.15) is 0 Å². The number of nitrogens with two attached hydrogens (primary N) is 1. The zero-order chi connectivity index (χ0) is 19.1. The second-order valence-corrected chi connectivity index (χ2v) is 7.76. The third-order valence-corrected chi connectivity index (χ3v) is 5.73. The summed E-state index contributed by atoms with van der Waals surface area (Å²) in [5.74, 6) is 0.0694.